The van der Waals surface area contributed by atoms with Crippen molar-refractivity contribution in [1.29, 1.82) is 0 Å². The maximum absolute atomic E-state index is 10.3. The average molecular weight is 378 g/mol. The van der Waals surface area contributed by atoms with Crippen LogP contribution in [0.4, 0.5) is 0 Å². The molecule has 0 aromatic heterocycles. The first kappa shape index (κ1) is 26.7. The summed E-state index contributed by atoms with van der Waals surface area (Å²) in [5, 5.41) is 20.6. The molecule has 7 heteroatoms. The quantitative estimate of drug-likeness (QED) is 0.398. The van der Waals surface area contributed by atoms with E-state index in [0.29, 0.717) is 12.8 Å². The number of hydrogen-bond acceptors (Lipinski definition) is 6. The van der Waals surface area contributed by atoms with Crippen LogP contribution in [0.5, 0.6) is 0 Å². The first-order chi connectivity index (χ1) is 10.1. The molecule has 0 aliphatic rings. The van der Waals surface area contributed by atoms with E-state index >= 15 is 0 Å². The summed E-state index contributed by atoms with van der Waals surface area (Å²) < 4.78 is 9.91. The zero-order chi connectivity index (χ0) is 17.7. The number of ether oxygens (including phenoxy) is 2. The molecule has 0 aliphatic carbocycles. The van der Waals surface area contributed by atoms with E-state index in [2.05, 4.69) is 13.2 Å². The van der Waals surface area contributed by atoms with Crippen molar-refractivity contribution < 1.29 is 46.3 Å². The van der Waals surface area contributed by atoms with Crippen molar-refractivity contribution in [1.82, 2.24) is 0 Å². The first-order valence-corrected chi connectivity index (χ1v) is 7.09. The van der Waals surface area contributed by atoms with E-state index < -0.39 is 24.1 Å². The summed E-state index contributed by atoms with van der Waals surface area (Å²) in [6, 6.07) is 0. The van der Waals surface area contributed by atoms with Gasteiger partial charge in [0.1, 0.15) is 0 Å². The molecule has 0 saturated heterocycles. The summed E-state index contributed by atoms with van der Waals surface area (Å²) in [6.07, 6.45) is -0.746. The molecule has 0 N–H and O–H groups in total. The van der Waals surface area contributed by atoms with E-state index in [1.165, 1.54) is 0 Å². The summed E-state index contributed by atoms with van der Waals surface area (Å²) in [5.41, 5.74) is 1.62. The fourth-order valence-corrected chi connectivity index (χ4v) is 1.19. The number of carboxylic acids is 2. The van der Waals surface area contributed by atoms with Gasteiger partial charge >= 0.3 is 17.1 Å². The van der Waals surface area contributed by atoms with Gasteiger partial charge in [-0.2, -0.15) is 0 Å². The largest absolute Gasteiger partial charge is 2.00 e. The molecule has 0 saturated carbocycles. The molecular formula is C16H26CuO6. The molecule has 0 aromatic rings. The van der Waals surface area contributed by atoms with Crippen molar-refractivity contribution in [3.63, 3.8) is 0 Å². The smallest absolute Gasteiger partial charge is 0.547 e. The van der Waals surface area contributed by atoms with Crippen molar-refractivity contribution in [2.24, 2.45) is 0 Å². The van der Waals surface area contributed by atoms with Gasteiger partial charge in [-0.25, -0.2) is 0 Å². The molecule has 0 amide bonds. The third-order valence-corrected chi connectivity index (χ3v) is 2.33. The SMILES string of the molecule is C=C(C)COC(CC)C(=O)[O-].C=C(C)COC(CC)C(=O)[O-].[Cu+2]. The Bertz CT molecular complexity index is 345. The molecule has 0 aliphatic heterocycles. The fourth-order valence-electron chi connectivity index (χ4n) is 1.19. The Balaban J connectivity index is -0.000000333. The summed E-state index contributed by atoms with van der Waals surface area (Å²) >= 11 is 0. The normalized spacial score (nSPS) is 12.0. The topological polar surface area (TPSA) is 98.7 Å². The van der Waals surface area contributed by atoms with Crippen molar-refractivity contribution in [2.75, 3.05) is 13.2 Å². The number of carboxylic acid groups (broad SMARTS) is 2. The molecule has 23 heavy (non-hydrogen) atoms. The Morgan fingerprint density at radius 1 is 0.870 bits per heavy atom. The number of carbonyl (C=O) groups is 2. The molecular weight excluding hydrogens is 352 g/mol. The molecule has 1 radical (unpaired) electrons. The van der Waals surface area contributed by atoms with E-state index in [-0.39, 0.29) is 30.3 Å². The fraction of sp³-hybridized carbons (Fsp3) is 0.625. The second-order valence-electron chi connectivity index (χ2n) is 4.97. The van der Waals surface area contributed by atoms with Crippen molar-refractivity contribution in [2.45, 2.75) is 52.7 Å². The van der Waals surface area contributed by atoms with Crippen LogP contribution >= 0.6 is 0 Å². The zero-order valence-corrected chi connectivity index (χ0v) is 15.1. The van der Waals surface area contributed by atoms with Crippen LogP contribution in [0.3, 0.4) is 0 Å². The van der Waals surface area contributed by atoms with E-state index in [9.17, 15) is 19.8 Å². The molecule has 0 bridgehead atoms. The maximum atomic E-state index is 10.3. The number of aliphatic carboxylic acids is 2. The monoisotopic (exact) mass is 377 g/mol. The third kappa shape index (κ3) is 17.1. The van der Waals surface area contributed by atoms with Gasteiger partial charge in [-0.15, -0.1) is 0 Å². The van der Waals surface area contributed by atoms with E-state index in [1.807, 2.05) is 0 Å². The second-order valence-corrected chi connectivity index (χ2v) is 4.97. The predicted molar refractivity (Wildman–Crippen MR) is 79.7 cm³/mol. The minimum Gasteiger partial charge on any atom is -0.547 e. The molecule has 137 valence electrons. The molecule has 0 spiro atoms. The average Bonchev–Trinajstić information content (AvgIpc) is 2.39. The Hall–Kier alpha value is -1.14. The Morgan fingerprint density at radius 3 is 1.26 bits per heavy atom. The van der Waals surface area contributed by atoms with Gasteiger partial charge in [0.25, 0.3) is 0 Å². The Kier molecular flexibility index (Phi) is 18.3. The first-order valence-electron chi connectivity index (χ1n) is 7.09. The van der Waals surface area contributed by atoms with Gasteiger partial charge in [0, 0.05) is 0 Å². The summed E-state index contributed by atoms with van der Waals surface area (Å²) in [7, 11) is 0. The zero-order valence-electron chi connectivity index (χ0n) is 14.1. The molecule has 2 atom stereocenters. The molecule has 0 heterocycles. The van der Waals surface area contributed by atoms with Crippen molar-refractivity contribution in [3.8, 4) is 0 Å². The van der Waals surface area contributed by atoms with Crippen LogP contribution in [0.15, 0.2) is 24.3 Å². The van der Waals surface area contributed by atoms with Gasteiger partial charge in [0.2, 0.25) is 0 Å². The van der Waals surface area contributed by atoms with Crippen molar-refractivity contribution in [3.05, 3.63) is 24.3 Å². The van der Waals surface area contributed by atoms with Crippen LogP contribution in [-0.2, 0) is 36.1 Å². The number of hydrogen-bond donors (Lipinski definition) is 0. The summed E-state index contributed by atoms with van der Waals surface area (Å²) in [6.45, 7) is 14.8. The van der Waals surface area contributed by atoms with Crippen LogP contribution in [-0.4, -0.2) is 37.4 Å². The molecule has 2 unspecified atom stereocenters. The molecule has 0 rings (SSSR count). The van der Waals surface area contributed by atoms with Gasteiger partial charge in [-0.1, -0.05) is 38.2 Å². The minimum atomic E-state index is -1.16. The number of rotatable bonds is 10. The van der Waals surface area contributed by atoms with Crippen LogP contribution in [0.1, 0.15) is 40.5 Å². The van der Waals surface area contributed by atoms with Crippen LogP contribution in [0.2, 0.25) is 0 Å². The molecule has 0 fully saturated rings. The number of carbonyl (C=O) groups excluding carboxylic acids is 2. The van der Waals surface area contributed by atoms with E-state index in [4.69, 9.17) is 9.47 Å². The van der Waals surface area contributed by atoms with Crippen LogP contribution in [0, 0.1) is 0 Å². The molecule has 0 aromatic carbocycles. The van der Waals surface area contributed by atoms with Gasteiger partial charge in [-0.3, -0.25) is 0 Å². The second kappa shape index (κ2) is 15.7. The van der Waals surface area contributed by atoms with Gasteiger partial charge in [0.15, 0.2) is 0 Å². The van der Waals surface area contributed by atoms with Crippen molar-refractivity contribution >= 4 is 11.9 Å². The standard InChI is InChI=1S/2C8H14O3.Cu/c2*1-4-7(8(9)10)11-5-6(2)3;/h2*7H,2,4-5H2,1,3H3,(H,9,10);/q;;+2/p-2. The predicted octanol–water partition coefficient (Wildman–Crippen LogP) is 0.213. The summed E-state index contributed by atoms with van der Waals surface area (Å²) in [4.78, 5) is 20.6. The van der Waals surface area contributed by atoms with Gasteiger partial charge in [-0.05, 0) is 26.7 Å². The third-order valence-electron chi connectivity index (χ3n) is 2.33. The van der Waals surface area contributed by atoms with Crippen LogP contribution < -0.4 is 10.2 Å². The minimum absolute atomic E-state index is 0. The summed E-state index contributed by atoms with van der Waals surface area (Å²) in [5.74, 6) is -2.32. The van der Waals surface area contributed by atoms with E-state index in [1.54, 1.807) is 27.7 Å². The van der Waals surface area contributed by atoms with E-state index in [0.717, 1.165) is 11.1 Å². The Morgan fingerprint density at radius 2 is 1.13 bits per heavy atom. The van der Waals surface area contributed by atoms with Gasteiger partial charge in [0.05, 0.1) is 37.4 Å². The maximum Gasteiger partial charge on any atom is 2.00 e. The van der Waals surface area contributed by atoms with Gasteiger partial charge < -0.3 is 29.3 Å². The van der Waals surface area contributed by atoms with Crippen LogP contribution in [0.25, 0.3) is 0 Å². The Labute approximate surface area is 149 Å². The molecule has 6 nitrogen and oxygen atoms in total.